The number of nitrogens with one attached hydrogen (secondary N) is 2. The molecule has 19 heavy (non-hydrogen) atoms. The van der Waals surface area contributed by atoms with Gasteiger partial charge in [-0.2, -0.15) is 5.26 Å². The number of carbonyl (C=O) groups is 2. The Morgan fingerprint density at radius 3 is 2.79 bits per heavy atom. The molecule has 1 aromatic carbocycles. The Labute approximate surface area is 108 Å². The van der Waals surface area contributed by atoms with E-state index in [-0.39, 0.29) is 17.8 Å². The molecule has 0 spiro atoms. The zero-order chi connectivity index (χ0) is 14.4. The molecule has 2 amide bonds. The summed E-state index contributed by atoms with van der Waals surface area (Å²) < 4.78 is 13.2. The van der Waals surface area contributed by atoms with Crippen LogP contribution in [0.2, 0.25) is 0 Å². The molecule has 1 atom stereocenters. The lowest BCUT2D eigenvalue weighted by atomic mass is 10.2. The number of aliphatic carboxylic acids is 1. The number of halogens is 1. The Bertz CT molecular complexity index is 540. The van der Waals surface area contributed by atoms with Crippen LogP contribution in [0.5, 0.6) is 0 Å². The molecular formula is C12H12FN3O3. The van der Waals surface area contributed by atoms with Gasteiger partial charge in [0.25, 0.3) is 0 Å². The number of rotatable bonds is 4. The maximum atomic E-state index is 13.2. The molecule has 1 rings (SSSR count). The highest BCUT2D eigenvalue weighted by molar-refractivity contribution is 5.91. The number of hydrogen-bond donors (Lipinski definition) is 3. The number of carbonyl (C=O) groups excluding carboxylic acids is 1. The van der Waals surface area contributed by atoms with Gasteiger partial charge in [-0.3, -0.25) is 4.79 Å². The summed E-state index contributed by atoms with van der Waals surface area (Å²) >= 11 is 0. The van der Waals surface area contributed by atoms with Crippen LogP contribution in [0.4, 0.5) is 14.9 Å². The van der Waals surface area contributed by atoms with E-state index in [4.69, 9.17) is 10.4 Å². The van der Waals surface area contributed by atoms with Crippen molar-refractivity contribution >= 4 is 17.7 Å². The summed E-state index contributed by atoms with van der Waals surface area (Å²) in [6, 6.07) is 4.78. The molecule has 100 valence electrons. The van der Waals surface area contributed by atoms with Gasteiger partial charge in [-0.1, -0.05) is 13.0 Å². The smallest absolute Gasteiger partial charge is 0.319 e. The molecule has 1 aromatic rings. The Kier molecular flexibility index (Phi) is 4.83. The predicted molar refractivity (Wildman–Crippen MR) is 64.9 cm³/mol. The van der Waals surface area contributed by atoms with Gasteiger partial charge in [-0.25, -0.2) is 9.18 Å². The lowest BCUT2D eigenvalue weighted by molar-refractivity contribution is -0.140. The fraction of sp³-hybridized carbons (Fsp3) is 0.250. The number of hydrogen-bond acceptors (Lipinski definition) is 3. The van der Waals surface area contributed by atoms with E-state index in [0.717, 1.165) is 6.07 Å². The van der Waals surface area contributed by atoms with Crippen molar-refractivity contribution in [2.75, 3.05) is 11.9 Å². The van der Waals surface area contributed by atoms with Gasteiger partial charge < -0.3 is 15.7 Å². The second-order valence-corrected chi connectivity index (χ2v) is 3.85. The molecule has 3 N–H and O–H groups in total. The molecule has 6 nitrogen and oxygen atoms in total. The van der Waals surface area contributed by atoms with Crippen molar-refractivity contribution < 1.29 is 19.1 Å². The fourth-order valence-electron chi connectivity index (χ4n) is 1.24. The number of nitriles is 1. The van der Waals surface area contributed by atoms with Crippen molar-refractivity contribution in [3.05, 3.63) is 29.6 Å². The van der Waals surface area contributed by atoms with Crippen LogP contribution in [0.3, 0.4) is 0 Å². The first-order valence-electron chi connectivity index (χ1n) is 5.42. The highest BCUT2D eigenvalue weighted by atomic mass is 19.1. The summed E-state index contributed by atoms with van der Waals surface area (Å²) in [5.74, 6) is -2.52. The zero-order valence-electron chi connectivity index (χ0n) is 10.1. The summed E-state index contributed by atoms with van der Waals surface area (Å²) in [5.41, 5.74) is -0.244. The van der Waals surface area contributed by atoms with E-state index in [2.05, 4.69) is 10.6 Å². The first kappa shape index (κ1) is 14.4. The third-order valence-corrected chi connectivity index (χ3v) is 2.36. The molecule has 0 radical (unpaired) electrons. The summed E-state index contributed by atoms with van der Waals surface area (Å²) in [7, 11) is 0. The second-order valence-electron chi connectivity index (χ2n) is 3.85. The Balaban J connectivity index is 2.66. The first-order chi connectivity index (χ1) is 8.95. The molecule has 0 saturated heterocycles. The van der Waals surface area contributed by atoms with E-state index in [1.165, 1.54) is 19.1 Å². The van der Waals surface area contributed by atoms with Crippen molar-refractivity contribution in [3.63, 3.8) is 0 Å². The van der Waals surface area contributed by atoms with Gasteiger partial charge in [0.15, 0.2) is 0 Å². The summed E-state index contributed by atoms with van der Waals surface area (Å²) in [6.07, 6.45) is 0. The van der Waals surface area contributed by atoms with Gasteiger partial charge >= 0.3 is 12.0 Å². The number of nitrogens with zero attached hydrogens (tertiary/aromatic N) is 1. The normalized spacial score (nSPS) is 11.2. The first-order valence-corrected chi connectivity index (χ1v) is 5.42. The van der Waals surface area contributed by atoms with E-state index in [0.29, 0.717) is 0 Å². The van der Waals surface area contributed by atoms with Crippen LogP contribution >= 0.6 is 0 Å². The minimum atomic E-state index is -1.04. The average molecular weight is 265 g/mol. The third-order valence-electron chi connectivity index (χ3n) is 2.36. The molecular weight excluding hydrogens is 253 g/mol. The van der Waals surface area contributed by atoms with Crippen molar-refractivity contribution in [2.24, 2.45) is 5.92 Å². The average Bonchev–Trinajstić information content (AvgIpc) is 2.36. The van der Waals surface area contributed by atoms with Gasteiger partial charge in [0.05, 0.1) is 11.6 Å². The SMILES string of the molecule is CC(CNC(=O)Nc1cccc(F)c1C#N)C(=O)O. The molecule has 0 aliphatic heterocycles. The van der Waals surface area contributed by atoms with Gasteiger partial charge in [0.1, 0.15) is 17.4 Å². The van der Waals surface area contributed by atoms with Crippen molar-refractivity contribution in [3.8, 4) is 6.07 Å². The van der Waals surface area contributed by atoms with Crippen molar-refractivity contribution in [1.29, 1.82) is 5.26 Å². The Hall–Kier alpha value is -2.62. The molecule has 0 aliphatic rings. The van der Waals surface area contributed by atoms with Gasteiger partial charge in [-0.05, 0) is 12.1 Å². The Morgan fingerprint density at radius 2 is 2.21 bits per heavy atom. The minimum Gasteiger partial charge on any atom is -0.481 e. The molecule has 0 aromatic heterocycles. The van der Waals surface area contributed by atoms with Crippen molar-refractivity contribution in [1.82, 2.24) is 5.32 Å². The number of amides is 2. The number of carboxylic acids is 1. The summed E-state index contributed by atoms with van der Waals surface area (Å²) in [6.45, 7) is 1.36. The second kappa shape index (κ2) is 6.35. The van der Waals surface area contributed by atoms with Crippen molar-refractivity contribution in [2.45, 2.75) is 6.92 Å². The maximum absolute atomic E-state index is 13.2. The summed E-state index contributed by atoms with van der Waals surface area (Å²) in [4.78, 5) is 22.0. The van der Waals surface area contributed by atoms with E-state index < -0.39 is 23.7 Å². The third kappa shape index (κ3) is 3.96. The fourth-order valence-corrected chi connectivity index (χ4v) is 1.24. The molecule has 1 unspecified atom stereocenters. The highest BCUT2D eigenvalue weighted by Gasteiger charge is 2.14. The molecule has 0 saturated carbocycles. The van der Waals surface area contributed by atoms with Gasteiger partial charge in [0.2, 0.25) is 0 Å². The standard InChI is InChI=1S/C12H12FN3O3/c1-7(11(17)18)6-15-12(19)16-10-4-2-3-9(13)8(10)5-14/h2-4,7H,6H2,1H3,(H,17,18)(H2,15,16,19). The lowest BCUT2D eigenvalue weighted by Gasteiger charge is -2.10. The van der Waals surface area contributed by atoms with E-state index >= 15 is 0 Å². The zero-order valence-corrected chi connectivity index (χ0v) is 10.1. The van der Waals surface area contributed by atoms with E-state index in [9.17, 15) is 14.0 Å². The number of carboxylic acid groups (broad SMARTS) is 1. The minimum absolute atomic E-state index is 0.0305. The maximum Gasteiger partial charge on any atom is 0.319 e. The van der Waals surface area contributed by atoms with Crippen LogP contribution in [-0.4, -0.2) is 23.7 Å². The number of benzene rings is 1. The quantitative estimate of drug-likeness (QED) is 0.768. The largest absolute Gasteiger partial charge is 0.481 e. The summed E-state index contributed by atoms with van der Waals surface area (Å²) in [5, 5.41) is 22.0. The monoisotopic (exact) mass is 265 g/mol. The Morgan fingerprint density at radius 1 is 1.53 bits per heavy atom. The van der Waals surface area contributed by atoms with Gasteiger partial charge in [0, 0.05) is 6.54 Å². The predicted octanol–water partition coefficient (Wildman–Crippen LogP) is 1.54. The van der Waals surface area contributed by atoms with Crippen LogP contribution in [0, 0.1) is 23.1 Å². The highest BCUT2D eigenvalue weighted by Crippen LogP contribution is 2.17. The van der Waals surface area contributed by atoms with Gasteiger partial charge in [-0.15, -0.1) is 0 Å². The van der Waals surface area contributed by atoms with Crippen LogP contribution < -0.4 is 10.6 Å². The van der Waals surface area contributed by atoms with Crippen LogP contribution in [-0.2, 0) is 4.79 Å². The van der Waals surface area contributed by atoms with E-state index in [1.54, 1.807) is 6.07 Å². The number of anilines is 1. The molecule has 0 fully saturated rings. The van der Waals surface area contributed by atoms with Crippen LogP contribution in [0.15, 0.2) is 18.2 Å². The van der Waals surface area contributed by atoms with Crippen LogP contribution in [0.25, 0.3) is 0 Å². The molecule has 0 aliphatic carbocycles. The molecule has 7 heteroatoms. The molecule has 0 heterocycles. The molecule has 0 bridgehead atoms. The van der Waals surface area contributed by atoms with E-state index in [1.807, 2.05) is 0 Å². The lowest BCUT2D eigenvalue weighted by Crippen LogP contribution is -2.34. The van der Waals surface area contributed by atoms with Crippen LogP contribution in [0.1, 0.15) is 12.5 Å². The topological polar surface area (TPSA) is 102 Å². The number of urea groups is 1.